The summed E-state index contributed by atoms with van der Waals surface area (Å²) < 4.78 is 23.6. The third-order valence-electron chi connectivity index (χ3n) is 3.73. The molecule has 0 aliphatic carbocycles. The zero-order valence-corrected chi connectivity index (χ0v) is 14.2. The minimum atomic E-state index is -0.625. The predicted molar refractivity (Wildman–Crippen MR) is 94.3 cm³/mol. The number of nitrogens with zero attached hydrogens (tertiary/aromatic N) is 2. The molecule has 26 heavy (non-hydrogen) atoms. The fraction of sp³-hybridized carbons (Fsp3) is 0.150. The molecule has 0 amide bonds. The van der Waals surface area contributed by atoms with Crippen molar-refractivity contribution in [2.45, 2.75) is 20.0 Å². The number of esters is 1. The van der Waals surface area contributed by atoms with Crippen LogP contribution in [-0.2, 0) is 22.6 Å². The van der Waals surface area contributed by atoms with E-state index >= 15 is 0 Å². The van der Waals surface area contributed by atoms with Gasteiger partial charge in [0.1, 0.15) is 5.82 Å². The fourth-order valence-electron chi connectivity index (χ4n) is 2.27. The van der Waals surface area contributed by atoms with Gasteiger partial charge in [-0.05, 0) is 24.1 Å². The first-order valence-electron chi connectivity index (χ1n) is 8.17. The quantitative estimate of drug-likeness (QED) is 0.491. The molecular weight excluding hydrogens is 335 g/mol. The average molecular weight is 352 g/mol. The van der Waals surface area contributed by atoms with Gasteiger partial charge in [0.2, 0.25) is 5.82 Å². The van der Waals surface area contributed by atoms with Gasteiger partial charge >= 0.3 is 5.97 Å². The molecule has 0 N–H and O–H groups in total. The molecule has 1 heterocycles. The summed E-state index contributed by atoms with van der Waals surface area (Å²) in [4.78, 5) is 15.9. The molecule has 6 heteroatoms. The molecule has 0 radical (unpaired) electrons. The number of halogens is 1. The summed E-state index contributed by atoms with van der Waals surface area (Å²) in [5, 5.41) is 3.88. The Morgan fingerprint density at radius 1 is 1.19 bits per heavy atom. The second kappa shape index (κ2) is 8.20. The first kappa shape index (κ1) is 17.5. The average Bonchev–Trinajstić information content (AvgIpc) is 3.15. The molecule has 0 bridgehead atoms. The Kier molecular flexibility index (Phi) is 5.53. The highest BCUT2D eigenvalue weighted by molar-refractivity contribution is 5.87. The molecule has 0 aliphatic rings. The Labute approximate surface area is 150 Å². The molecule has 3 aromatic rings. The van der Waals surface area contributed by atoms with Crippen molar-refractivity contribution in [2.24, 2.45) is 0 Å². The van der Waals surface area contributed by atoms with Crippen LogP contribution < -0.4 is 0 Å². The summed E-state index contributed by atoms with van der Waals surface area (Å²) in [6, 6.07) is 14.0. The maximum absolute atomic E-state index is 13.5. The number of hydrogen-bond donors (Lipinski definition) is 0. The van der Waals surface area contributed by atoms with Crippen LogP contribution >= 0.6 is 0 Å². The van der Waals surface area contributed by atoms with E-state index in [9.17, 15) is 9.18 Å². The number of benzene rings is 2. The summed E-state index contributed by atoms with van der Waals surface area (Å²) in [6.45, 7) is 1.93. The lowest BCUT2D eigenvalue weighted by Crippen LogP contribution is -2.01. The molecule has 2 aromatic carbocycles. The Balaban J connectivity index is 1.57. The number of rotatable bonds is 6. The van der Waals surface area contributed by atoms with Gasteiger partial charge in [-0.25, -0.2) is 9.18 Å². The van der Waals surface area contributed by atoms with Gasteiger partial charge in [0.05, 0.1) is 0 Å². The predicted octanol–water partition coefficient (Wildman–Crippen LogP) is 4.19. The molecule has 0 aliphatic heterocycles. The maximum atomic E-state index is 13.5. The van der Waals surface area contributed by atoms with Gasteiger partial charge in [-0.3, -0.25) is 0 Å². The molecule has 0 spiro atoms. The number of aromatic nitrogens is 2. The van der Waals surface area contributed by atoms with Gasteiger partial charge < -0.3 is 9.26 Å². The van der Waals surface area contributed by atoms with Gasteiger partial charge in [-0.2, -0.15) is 4.98 Å². The minimum absolute atomic E-state index is 0.152. The topological polar surface area (TPSA) is 65.2 Å². The highest BCUT2D eigenvalue weighted by atomic mass is 19.1. The van der Waals surface area contributed by atoms with Crippen LogP contribution in [0.25, 0.3) is 17.5 Å². The van der Waals surface area contributed by atoms with Crippen molar-refractivity contribution in [2.75, 3.05) is 0 Å². The summed E-state index contributed by atoms with van der Waals surface area (Å²) >= 11 is 0. The Bertz CT molecular complexity index is 917. The van der Waals surface area contributed by atoms with Crippen molar-refractivity contribution in [3.63, 3.8) is 0 Å². The van der Waals surface area contributed by atoms with E-state index in [0.29, 0.717) is 11.4 Å². The van der Waals surface area contributed by atoms with E-state index in [-0.39, 0.29) is 12.5 Å². The van der Waals surface area contributed by atoms with E-state index in [1.54, 1.807) is 18.2 Å². The fourth-order valence-corrected chi connectivity index (χ4v) is 2.27. The van der Waals surface area contributed by atoms with Crippen LogP contribution in [-0.4, -0.2) is 16.1 Å². The number of hydrogen-bond acceptors (Lipinski definition) is 5. The van der Waals surface area contributed by atoms with Crippen LogP contribution in [0.2, 0.25) is 0 Å². The summed E-state index contributed by atoms with van der Waals surface area (Å²) in [5.74, 6) is -0.416. The number of aryl methyl sites for hydroxylation is 1. The molecule has 132 valence electrons. The van der Waals surface area contributed by atoms with Crippen molar-refractivity contribution < 1.29 is 18.4 Å². The molecular formula is C20H17FN2O3. The number of carbonyl (C=O) groups is 1. The van der Waals surface area contributed by atoms with Crippen molar-refractivity contribution in [3.05, 3.63) is 77.4 Å². The Morgan fingerprint density at radius 2 is 1.96 bits per heavy atom. The van der Waals surface area contributed by atoms with Crippen LogP contribution in [0.4, 0.5) is 4.39 Å². The first-order chi connectivity index (χ1) is 12.7. The third kappa shape index (κ3) is 4.42. The molecule has 0 fully saturated rings. The van der Waals surface area contributed by atoms with E-state index in [2.05, 4.69) is 17.1 Å². The molecule has 0 saturated carbocycles. The molecule has 5 nitrogen and oxygen atoms in total. The molecule has 0 atom stereocenters. The SMILES string of the molecule is CCc1ccc(-c2noc(COC(=O)/C=C/c3ccccc3F)n2)cc1. The minimum Gasteiger partial charge on any atom is -0.452 e. The van der Waals surface area contributed by atoms with Crippen LogP contribution in [0.5, 0.6) is 0 Å². The van der Waals surface area contributed by atoms with Gasteiger partial charge in [-0.15, -0.1) is 0 Å². The lowest BCUT2D eigenvalue weighted by atomic mass is 10.1. The second-order valence-electron chi connectivity index (χ2n) is 5.52. The molecule has 0 unspecified atom stereocenters. The summed E-state index contributed by atoms with van der Waals surface area (Å²) in [5.41, 5.74) is 2.34. The third-order valence-corrected chi connectivity index (χ3v) is 3.73. The van der Waals surface area contributed by atoms with E-state index in [4.69, 9.17) is 9.26 Å². The zero-order valence-electron chi connectivity index (χ0n) is 14.2. The Hall–Kier alpha value is -3.28. The molecule has 3 rings (SSSR count). The van der Waals surface area contributed by atoms with Crippen molar-refractivity contribution >= 4 is 12.0 Å². The lowest BCUT2D eigenvalue weighted by molar-refractivity contribution is -0.139. The van der Waals surface area contributed by atoms with Gasteiger partial charge in [0.25, 0.3) is 5.89 Å². The smallest absolute Gasteiger partial charge is 0.331 e. The first-order valence-corrected chi connectivity index (χ1v) is 8.17. The van der Waals surface area contributed by atoms with Gasteiger partial charge in [0, 0.05) is 17.2 Å². The van der Waals surface area contributed by atoms with Crippen LogP contribution in [0.1, 0.15) is 23.9 Å². The van der Waals surface area contributed by atoms with Gasteiger partial charge in [-0.1, -0.05) is 54.5 Å². The van der Waals surface area contributed by atoms with Crippen LogP contribution in [0.3, 0.4) is 0 Å². The largest absolute Gasteiger partial charge is 0.452 e. The van der Waals surface area contributed by atoms with Gasteiger partial charge in [0.15, 0.2) is 6.61 Å². The van der Waals surface area contributed by atoms with Crippen LogP contribution in [0, 0.1) is 5.82 Å². The lowest BCUT2D eigenvalue weighted by Gasteiger charge is -1.98. The molecule has 1 aromatic heterocycles. The Morgan fingerprint density at radius 3 is 2.69 bits per heavy atom. The monoisotopic (exact) mass is 352 g/mol. The highest BCUT2D eigenvalue weighted by Crippen LogP contribution is 2.17. The highest BCUT2D eigenvalue weighted by Gasteiger charge is 2.10. The number of carbonyl (C=O) groups excluding carboxylic acids is 1. The van der Waals surface area contributed by atoms with E-state index < -0.39 is 11.8 Å². The van der Waals surface area contributed by atoms with Crippen LogP contribution in [0.15, 0.2) is 59.1 Å². The normalized spacial score (nSPS) is 11.0. The second-order valence-corrected chi connectivity index (χ2v) is 5.52. The zero-order chi connectivity index (χ0) is 18.4. The summed E-state index contributed by atoms with van der Waals surface area (Å²) in [7, 11) is 0. The standard InChI is InChI=1S/C20H17FN2O3/c1-2-14-7-9-16(10-8-14)20-22-18(26-23-20)13-25-19(24)12-11-15-5-3-4-6-17(15)21/h3-12H,2,13H2,1H3/b12-11+. The number of ether oxygens (including phenoxy) is 1. The van der Waals surface area contributed by atoms with Crippen molar-refractivity contribution in [1.82, 2.24) is 10.1 Å². The summed E-state index contributed by atoms with van der Waals surface area (Å²) in [6.07, 6.45) is 3.46. The van der Waals surface area contributed by atoms with E-state index in [1.165, 1.54) is 17.7 Å². The van der Waals surface area contributed by atoms with E-state index in [1.807, 2.05) is 24.3 Å². The van der Waals surface area contributed by atoms with Crippen molar-refractivity contribution in [1.29, 1.82) is 0 Å². The van der Waals surface area contributed by atoms with Crippen molar-refractivity contribution in [3.8, 4) is 11.4 Å². The molecule has 0 saturated heterocycles. The van der Waals surface area contributed by atoms with E-state index in [0.717, 1.165) is 18.1 Å². The maximum Gasteiger partial charge on any atom is 0.331 e.